The number of nitrogens with zero attached hydrogens (tertiary/aromatic N) is 1. The fourth-order valence-corrected chi connectivity index (χ4v) is 5.83. The summed E-state index contributed by atoms with van der Waals surface area (Å²) in [4.78, 5) is 41.3. The number of aliphatic hydroxyl groups excluding tert-OH is 1. The lowest BCUT2D eigenvalue weighted by molar-refractivity contribution is -0.132. The van der Waals surface area contributed by atoms with E-state index in [1.807, 2.05) is 44.2 Å². The topological polar surface area (TPSA) is 139 Å². The molecule has 2 aromatic rings. The molecule has 0 saturated carbocycles. The monoisotopic (exact) mass is 598 g/mol. The quantitative estimate of drug-likeness (QED) is 0.248. The third-order valence-corrected chi connectivity index (χ3v) is 7.77. The lowest BCUT2D eigenvalue weighted by Crippen LogP contribution is -2.52. The molecule has 2 aromatic carbocycles. The molecule has 3 rings (SSSR count). The molecule has 1 unspecified atom stereocenters. The van der Waals surface area contributed by atoms with Gasteiger partial charge >= 0.3 is 0 Å². The average molecular weight is 599 g/mol. The van der Waals surface area contributed by atoms with Gasteiger partial charge < -0.3 is 26.8 Å². The zero-order chi connectivity index (χ0) is 30.9. The molecule has 0 radical (unpaired) electrons. The third-order valence-electron chi connectivity index (χ3n) is 7.55. The van der Waals surface area contributed by atoms with Crippen molar-refractivity contribution in [3.63, 3.8) is 0 Å². The molecule has 0 saturated heterocycles. The molecule has 226 valence electrons. The summed E-state index contributed by atoms with van der Waals surface area (Å²) in [7, 11) is 0. The van der Waals surface area contributed by atoms with Gasteiger partial charge in [0.25, 0.3) is 0 Å². The third kappa shape index (κ3) is 8.27. The first kappa shape index (κ1) is 33.0. The van der Waals surface area contributed by atoms with Crippen molar-refractivity contribution in [3.8, 4) is 0 Å². The Hall–Kier alpha value is -3.53. The summed E-state index contributed by atoms with van der Waals surface area (Å²) in [5, 5.41) is 15.0. The van der Waals surface area contributed by atoms with E-state index in [9.17, 15) is 23.9 Å². The van der Waals surface area contributed by atoms with Crippen LogP contribution in [0.4, 0.5) is 4.39 Å². The number of nitrogens with two attached hydrogens (primary N) is 2. The summed E-state index contributed by atoms with van der Waals surface area (Å²) < 4.78 is 14.4. The van der Waals surface area contributed by atoms with E-state index < -0.39 is 35.1 Å². The maximum Gasteiger partial charge on any atom is 0.249 e. The highest BCUT2D eigenvalue weighted by atomic mass is 35.5. The fourth-order valence-electron chi connectivity index (χ4n) is 5.59. The average Bonchev–Trinajstić information content (AvgIpc) is 2.95. The SMILES string of the molecule is CCCN(CCC)C(=O)C1=CC(C(N)=O)=CC(C(N)=O)([C@H](Cc2cc(F)cc(Cl)c2)[C@@H](O)CNCc2ccccc2)C1. The molecule has 3 amide bonds. The summed E-state index contributed by atoms with van der Waals surface area (Å²) in [6.07, 6.45) is 2.81. The number of hydrogen-bond acceptors (Lipinski definition) is 5. The molecule has 42 heavy (non-hydrogen) atoms. The lowest BCUT2D eigenvalue weighted by Gasteiger charge is -2.42. The standard InChI is InChI=1S/C32H40ClFN4O4/c1-3-10-38(11-4-2)30(41)24-15-23(29(35)40)17-32(18-24,31(36)42)27(14-22-12-25(33)16-26(34)13-22)28(39)20-37-19-21-8-6-5-7-9-21/h5-9,12-13,15-17,27-28,37,39H,3-4,10-11,14,18-20H2,1-2H3,(H2,35,40)(H2,36,42)/t27-,28+,32?/m1/s1. The Morgan fingerprint density at radius 3 is 2.31 bits per heavy atom. The van der Waals surface area contributed by atoms with Crippen LogP contribution in [0.3, 0.4) is 0 Å². The predicted octanol–water partition coefficient (Wildman–Crippen LogP) is 3.65. The zero-order valence-corrected chi connectivity index (χ0v) is 24.9. The number of hydrogen-bond donors (Lipinski definition) is 4. The number of amides is 3. The van der Waals surface area contributed by atoms with E-state index in [0.29, 0.717) is 38.0 Å². The normalized spacial score (nSPS) is 18.0. The largest absolute Gasteiger partial charge is 0.391 e. The van der Waals surface area contributed by atoms with Crippen LogP contribution in [0.2, 0.25) is 5.02 Å². The van der Waals surface area contributed by atoms with Crippen LogP contribution in [0.1, 0.15) is 44.2 Å². The summed E-state index contributed by atoms with van der Waals surface area (Å²) >= 11 is 6.13. The van der Waals surface area contributed by atoms with Crippen LogP contribution in [0.25, 0.3) is 0 Å². The fraction of sp³-hybridized carbons (Fsp3) is 0.406. The highest BCUT2D eigenvalue weighted by molar-refractivity contribution is 6.30. The van der Waals surface area contributed by atoms with Crippen LogP contribution < -0.4 is 16.8 Å². The van der Waals surface area contributed by atoms with Crippen molar-refractivity contribution in [2.45, 2.75) is 52.2 Å². The Bertz CT molecular complexity index is 1310. The molecule has 0 aromatic heterocycles. The lowest BCUT2D eigenvalue weighted by atomic mass is 9.63. The van der Waals surface area contributed by atoms with Gasteiger partial charge in [-0.2, -0.15) is 0 Å². The first-order valence-corrected chi connectivity index (χ1v) is 14.6. The minimum atomic E-state index is -1.69. The number of carbonyl (C=O) groups excluding carboxylic acids is 3. The van der Waals surface area contributed by atoms with Gasteiger partial charge in [-0.05, 0) is 61.1 Å². The van der Waals surface area contributed by atoms with Crippen LogP contribution in [0, 0.1) is 17.2 Å². The summed E-state index contributed by atoms with van der Waals surface area (Å²) in [5.41, 5.74) is 11.6. The van der Waals surface area contributed by atoms with E-state index in [0.717, 1.165) is 11.6 Å². The van der Waals surface area contributed by atoms with Crippen LogP contribution in [-0.2, 0) is 27.3 Å². The second kappa shape index (κ2) is 15.1. The maximum absolute atomic E-state index is 14.4. The number of halogens is 2. The van der Waals surface area contributed by atoms with Crippen molar-refractivity contribution in [1.82, 2.24) is 10.2 Å². The predicted molar refractivity (Wildman–Crippen MR) is 162 cm³/mol. The Morgan fingerprint density at radius 1 is 1.07 bits per heavy atom. The van der Waals surface area contributed by atoms with Gasteiger partial charge in [0, 0.05) is 48.3 Å². The maximum atomic E-state index is 14.4. The number of nitrogens with one attached hydrogen (secondary N) is 1. The minimum absolute atomic E-state index is 0.0216. The Kier molecular flexibility index (Phi) is 11.8. The molecule has 10 heteroatoms. The molecular formula is C32H40ClFN4O4. The molecule has 0 aliphatic heterocycles. The van der Waals surface area contributed by atoms with Gasteiger partial charge in [-0.25, -0.2) is 4.39 Å². The number of primary amides is 2. The van der Waals surface area contributed by atoms with Crippen LogP contribution in [0.15, 0.2) is 71.8 Å². The number of carbonyl (C=O) groups is 3. The molecule has 0 spiro atoms. The molecule has 0 fully saturated rings. The highest BCUT2D eigenvalue weighted by Crippen LogP contribution is 2.44. The second-order valence-corrected chi connectivity index (χ2v) is 11.2. The van der Waals surface area contributed by atoms with Gasteiger partial charge in [0.15, 0.2) is 0 Å². The smallest absolute Gasteiger partial charge is 0.249 e. The molecule has 8 nitrogen and oxygen atoms in total. The molecule has 1 aliphatic rings. The van der Waals surface area contributed by atoms with Gasteiger partial charge in [-0.15, -0.1) is 0 Å². The summed E-state index contributed by atoms with van der Waals surface area (Å²) in [5.74, 6) is -3.57. The van der Waals surface area contributed by atoms with Crippen LogP contribution >= 0.6 is 11.6 Å². The number of benzene rings is 2. The van der Waals surface area contributed by atoms with Crippen molar-refractivity contribution >= 4 is 29.3 Å². The first-order valence-electron chi connectivity index (χ1n) is 14.2. The van der Waals surface area contributed by atoms with E-state index in [-0.39, 0.29) is 41.5 Å². The number of rotatable bonds is 15. The Balaban J connectivity index is 2.07. The van der Waals surface area contributed by atoms with Crippen molar-refractivity contribution < 1.29 is 23.9 Å². The second-order valence-electron chi connectivity index (χ2n) is 10.8. The van der Waals surface area contributed by atoms with E-state index in [2.05, 4.69) is 5.32 Å². The van der Waals surface area contributed by atoms with E-state index >= 15 is 0 Å². The van der Waals surface area contributed by atoms with Crippen LogP contribution in [0.5, 0.6) is 0 Å². The van der Waals surface area contributed by atoms with Crippen molar-refractivity contribution in [2.75, 3.05) is 19.6 Å². The first-order chi connectivity index (χ1) is 20.0. The van der Waals surface area contributed by atoms with E-state index in [4.69, 9.17) is 23.1 Å². The van der Waals surface area contributed by atoms with Crippen molar-refractivity contribution in [2.24, 2.45) is 22.8 Å². The van der Waals surface area contributed by atoms with Gasteiger partial charge in [-0.1, -0.05) is 61.9 Å². The van der Waals surface area contributed by atoms with Crippen molar-refractivity contribution in [3.05, 3.63) is 93.8 Å². The van der Waals surface area contributed by atoms with Gasteiger partial charge in [0.1, 0.15) is 5.82 Å². The van der Waals surface area contributed by atoms with E-state index in [1.54, 1.807) is 11.0 Å². The Morgan fingerprint density at radius 2 is 1.74 bits per heavy atom. The zero-order valence-electron chi connectivity index (χ0n) is 24.1. The minimum Gasteiger partial charge on any atom is -0.391 e. The van der Waals surface area contributed by atoms with Crippen molar-refractivity contribution in [1.29, 1.82) is 0 Å². The molecule has 0 heterocycles. The molecule has 0 bridgehead atoms. The molecular weight excluding hydrogens is 559 g/mol. The molecule has 1 aliphatic carbocycles. The van der Waals surface area contributed by atoms with Gasteiger partial charge in [-0.3, -0.25) is 14.4 Å². The van der Waals surface area contributed by atoms with Gasteiger partial charge in [0.2, 0.25) is 17.7 Å². The summed E-state index contributed by atoms with van der Waals surface area (Å²) in [6.45, 7) is 5.36. The number of aliphatic hydroxyl groups is 1. The van der Waals surface area contributed by atoms with Gasteiger partial charge in [0.05, 0.1) is 11.5 Å². The summed E-state index contributed by atoms with van der Waals surface area (Å²) in [6, 6.07) is 13.5. The van der Waals surface area contributed by atoms with E-state index in [1.165, 1.54) is 18.2 Å². The Labute approximate surface area is 251 Å². The highest BCUT2D eigenvalue weighted by Gasteiger charge is 2.49. The molecule has 3 atom stereocenters. The van der Waals surface area contributed by atoms with Crippen LogP contribution in [-0.4, -0.2) is 53.5 Å². The molecule has 6 N–H and O–H groups in total.